The average Bonchev–Trinajstić information content (AvgIpc) is 2.33. The van der Waals surface area contributed by atoms with Gasteiger partial charge in [-0.3, -0.25) is 4.79 Å². The monoisotopic (exact) mass is 366 g/mol. The molecule has 0 radical (unpaired) electrons. The zero-order valence-corrected chi connectivity index (χ0v) is 14.3. The van der Waals surface area contributed by atoms with Crippen molar-refractivity contribution >= 4 is 34.2 Å². The molecule has 114 valence electrons. The van der Waals surface area contributed by atoms with E-state index in [-0.39, 0.29) is 36.1 Å². The maximum Gasteiger partial charge on any atom is 0.224 e. The van der Waals surface area contributed by atoms with Crippen LogP contribution in [-0.4, -0.2) is 25.5 Å². The van der Waals surface area contributed by atoms with Gasteiger partial charge in [0.15, 0.2) is 0 Å². The van der Waals surface area contributed by atoms with E-state index < -0.39 is 0 Å². The van der Waals surface area contributed by atoms with E-state index in [2.05, 4.69) is 26.6 Å². The molecule has 20 heavy (non-hydrogen) atoms. The average molecular weight is 368 g/mol. The lowest BCUT2D eigenvalue weighted by Crippen LogP contribution is -2.40. The van der Waals surface area contributed by atoms with Crippen molar-refractivity contribution in [1.82, 2.24) is 10.6 Å². The Balaban J connectivity index is 0.00000361. The summed E-state index contributed by atoms with van der Waals surface area (Å²) in [5.74, 6) is -0.361. The van der Waals surface area contributed by atoms with Crippen LogP contribution in [0.25, 0.3) is 0 Å². The molecule has 2 N–H and O–H groups in total. The first-order valence-electron chi connectivity index (χ1n) is 6.33. The normalized spacial score (nSPS) is 13.2. The van der Waals surface area contributed by atoms with Crippen molar-refractivity contribution in [2.24, 2.45) is 5.92 Å². The molecule has 3 nitrogen and oxygen atoms in total. The van der Waals surface area contributed by atoms with Gasteiger partial charge in [-0.05, 0) is 38.1 Å². The number of benzene rings is 1. The summed E-state index contributed by atoms with van der Waals surface area (Å²) in [6.45, 7) is 4.37. The zero-order valence-electron chi connectivity index (χ0n) is 11.9. The molecule has 0 aliphatic carbocycles. The summed E-state index contributed by atoms with van der Waals surface area (Å²) in [5, 5.41) is 5.86. The highest BCUT2D eigenvalue weighted by Gasteiger charge is 2.15. The first-order chi connectivity index (χ1) is 8.93. The summed E-state index contributed by atoms with van der Waals surface area (Å²) in [6.07, 6.45) is 0.483. The third kappa shape index (κ3) is 6.20. The number of amides is 1. The fourth-order valence-corrected chi connectivity index (χ4v) is 2.19. The summed E-state index contributed by atoms with van der Waals surface area (Å²) in [4.78, 5) is 11.8. The number of hydrogen-bond acceptors (Lipinski definition) is 2. The van der Waals surface area contributed by atoms with E-state index in [9.17, 15) is 9.18 Å². The molecular weight excluding hydrogens is 347 g/mol. The molecule has 6 heteroatoms. The molecule has 2 unspecified atom stereocenters. The topological polar surface area (TPSA) is 41.1 Å². The fraction of sp³-hybridized carbons (Fsp3) is 0.500. The van der Waals surface area contributed by atoms with Gasteiger partial charge in [0.05, 0.1) is 0 Å². The molecule has 0 saturated carbocycles. The Labute approximate surface area is 134 Å². The standard InChI is InChI=1S/C14H20BrFN2O.ClH/c1-9(8-17-3)14(19)18-10(2)6-11-4-5-12(15)7-13(11)16;/h4-5,7,9-10,17H,6,8H2,1-3H3,(H,18,19);1H. The van der Waals surface area contributed by atoms with Gasteiger partial charge in [-0.25, -0.2) is 4.39 Å². The first-order valence-corrected chi connectivity index (χ1v) is 7.12. The third-order valence-electron chi connectivity index (χ3n) is 2.89. The smallest absolute Gasteiger partial charge is 0.224 e. The Bertz CT molecular complexity index is 445. The van der Waals surface area contributed by atoms with E-state index in [4.69, 9.17) is 0 Å². The van der Waals surface area contributed by atoms with Crippen LogP contribution in [0.3, 0.4) is 0 Å². The second kappa shape index (κ2) is 9.32. The van der Waals surface area contributed by atoms with E-state index >= 15 is 0 Å². The van der Waals surface area contributed by atoms with Crippen molar-refractivity contribution < 1.29 is 9.18 Å². The number of halogens is 3. The third-order valence-corrected chi connectivity index (χ3v) is 3.38. The number of nitrogens with one attached hydrogen (secondary N) is 2. The second-order valence-corrected chi connectivity index (χ2v) is 5.72. The Kier molecular flexibility index (Phi) is 9.01. The van der Waals surface area contributed by atoms with Crippen LogP contribution in [0.15, 0.2) is 22.7 Å². The Morgan fingerprint density at radius 2 is 2.05 bits per heavy atom. The van der Waals surface area contributed by atoms with Crippen molar-refractivity contribution in [3.63, 3.8) is 0 Å². The minimum absolute atomic E-state index is 0. The van der Waals surface area contributed by atoms with Gasteiger partial charge in [0, 0.05) is 23.0 Å². The van der Waals surface area contributed by atoms with Crippen LogP contribution in [0.2, 0.25) is 0 Å². The first kappa shape index (κ1) is 19.4. The number of rotatable bonds is 6. The SMILES string of the molecule is CNCC(C)C(=O)NC(C)Cc1ccc(Br)cc1F.Cl. The van der Waals surface area contributed by atoms with Gasteiger partial charge in [0.2, 0.25) is 5.91 Å². The molecule has 0 heterocycles. The van der Waals surface area contributed by atoms with E-state index in [0.717, 1.165) is 0 Å². The van der Waals surface area contributed by atoms with Crippen LogP contribution >= 0.6 is 28.3 Å². The summed E-state index contributed by atoms with van der Waals surface area (Å²) >= 11 is 3.22. The molecule has 0 saturated heterocycles. The quantitative estimate of drug-likeness (QED) is 0.812. The van der Waals surface area contributed by atoms with Gasteiger partial charge in [0.1, 0.15) is 5.82 Å². The predicted octanol–water partition coefficient (Wildman–Crippen LogP) is 2.91. The lowest BCUT2D eigenvalue weighted by atomic mass is 10.1. The molecule has 2 atom stereocenters. The molecule has 0 aromatic heterocycles. The molecule has 1 aromatic carbocycles. The molecule has 1 aromatic rings. The molecule has 1 amide bonds. The van der Waals surface area contributed by atoms with E-state index in [1.807, 2.05) is 20.9 Å². The zero-order chi connectivity index (χ0) is 14.4. The summed E-state index contributed by atoms with van der Waals surface area (Å²) in [5.41, 5.74) is 0.609. The van der Waals surface area contributed by atoms with Gasteiger partial charge in [-0.15, -0.1) is 12.4 Å². The minimum Gasteiger partial charge on any atom is -0.353 e. The number of carbonyl (C=O) groups excluding carboxylic acids is 1. The van der Waals surface area contributed by atoms with Gasteiger partial charge in [0.25, 0.3) is 0 Å². The van der Waals surface area contributed by atoms with Crippen LogP contribution in [0.4, 0.5) is 4.39 Å². The fourth-order valence-electron chi connectivity index (χ4n) is 1.85. The van der Waals surface area contributed by atoms with Crippen LogP contribution in [-0.2, 0) is 11.2 Å². The lowest BCUT2D eigenvalue weighted by molar-refractivity contribution is -0.124. The summed E-state index contributed by atoms with van der Waals surface area (Å²) in [7, 11) is 1.81. The van der Waals surface area contributed by atoms with Gasteiger partial charge < -0.3 is 10.6 Å². The Morgan fingerprint density at radius 1 is 1.40 bits per heavy atom. The van der Waals surface area contributed by atoms with E-state index in [1.165, 1.54) is 6.07 Å². The maximum absolute atomic E-state index is 13.7. The number of hydrogen-bond donors (Lipinski definition) is 2. The Morgan fingerprint density at radius 3 is 2.60 bits per heavy atom. The van der Waals surface area contributed by atoms with Crippen molar-refractivity contribution in [2.45, 2.75) is 26.3 Å². The second-order valence-electron chi connectivity index (χ2n) is 4.81. The maximum atomic E-state index is 13.7. The predicted molar refractivity (Wildman–Crippen MR) is 85.7 cm³/mol. The molecule has 0 fully saturated rings. The summed E-state index contributed by atoms with van der Waals surface area (Å²) in [6, 6.07) is 4.88. The molecule has 0 aliphatic heterocycles. The summed E-state index contributed by atoms with van der Waals surface area (Å²) < 4.78 is 14.4. The number of carbonyl (C=O) groups is 1. The van der Waals surface area contributed by atoms with Gasteiger partial charge in [-0.2, -0.15) is 0 Å². The molecule has 0 spiro atoms. The Hall–Kier alpha value is -0.650. The van der Waals surface area contributed by atoms with Gasteiger partial charge >= 0.3 is 0 Å². The van der Waals surface area contributed by atoms with Crippen LogP contribution < -0.4 is 10.6 Å². The van der Waals surface area contributed by atoms with E-state index in [1.54, 1.807) is 12.1 Å². The highest BCUT2D eigenvalue weighted by atomic mass is 79.9. The van der Waals surface area contributed by atoms with Crippen molar-refractivity contribution in [3.8, 4) is 0 Å². The van der Waals surface area contributed by atoms with Crippen LogP contribution in [0, 0.1) is 11.7 Å². The largest absolute Gasteiger partial charge is 0.353 e. The highest BCUT2D eigenvalue weighted by molar-refractivity contribution is 9.10. The highest BCUT2D eigenvalue weighted by Crippen LogP contribution is 2.16. The molecular formula is C14H21BrClFN2O. The van der Waals surface area contributed by atoms with Gasteiger partial charge in [-0.1, -0.05) is 28.9 Å². The van der Waals surface area contributed by atoms with Crippen LogP contribution in [0.5, 0.6) is 0 Å². The molecule has 0 bridgehead atoms. The van der Waals surface area contributed by atoms with Crippen molar-refractivity contribution in [2.75, 3.05) is 13.6 Å². The van der Waals surface area contributed by atoms with Crippen LogP contribution in [0.1, 0.15) is 19.4 Å². The molecule has 0 aliphatic rings. The molecule has 1 rings (SSSR count). The minimum atomic E-state index is -0.251. The lowest BCUT2D eigenvalue weighted by Gasteiger charge is -2.17. The van der Waals surface area contributed by atoms with E-state index in [0.29, 0.717) is 23.0 Å². The van der Waals surface area contributed by atoms with Crippen molar-refractivity contribution in [1.29, 1.82) is 0 Å². The van der Waals surface area contributed by atoms with Crippen molar-refractivity contribution in [3.05, 3.63) is 34.1 Å².